The number of halogens is 3. The third kappa shape index (κ3) is 3.29. The lowest BCUT2D eigenvalue weighted by molar-refractivity contribution is -0.149. The van der Waals surface area contributed by atoms with E-state index < -0.39 is 18.1 Å². The highest BCUT2D eigenvalue weighted by molar-refractivity contribution is 6.06. The van der Waals surface area contributed by atoms with Crippen LogP contribution < -0.4 is 5.32 Å². The lowest BCUT2D eigenvalue weighted by Crippen LogP contribution is -2.43. The van der Waals surface area contributed by atoms with Gasteiger partial charge in [-0.25, -0.2) is 0 Å². The van der Waals surface area contributed by atoms with E-state index in [-0.39, 0.29) is 5.69 Å². The Hall–Kier alpha value is -2.84. The number of carbonyl (C=O) groups is 1. The van der Waals surface area contributed by atoms with Crippen molar-refractivity contribution in [2.75, 3.05) is 0 Å². The molecule has 2 aromatic heterocycles. The third-order valence-corrected chi connectivity index (χ3v) is 4.22. The van der Waals surface area contributed by atoms with Gasteiger partial charge in [0.15, 0.2) is 0 Å². The van der Waals surface area contributed by atoms with E-state index in [2.05, 4.69) is 15.3 Å². The molecule has 2 heterocycles. The maximum absolute atomic E-state index is 12.7. The normalized spacial score (nSPS) is 13.2. The number of hydrogen-bond acceptors (Lipinski definition) is 3. The highest BCUT2D eigenvalue weighted by atomic mass is 19.4. The summed E-state index contributed by atoms with van der Waals surface area (Å²) in [4.78, 5) is 12.3. The standard InChI is InChI=1S/C17H18F3N5O/c1-4-10-5-11(12-7-21-25(3)8-12)6-13-14(10)23-24-15(13)16(26)22-9(2)17(18,19)20/h5-9H,4H2,1-3H3,(H,22,26)(H,23,24)/t9-/m0/s1. The number of H-pyrrole nitrogens is 1. The fraction of sp³-hybridized carbons (Fsp3) is 0.353. The molecule has 0 aliphatic carbocycles. The van der Waals surface area contributed by atoms with E-state index in [0.717, 1.165) is 23.6 Å². The summed E-state index contributed by atoms with van der Waals surface area (Å²) in [5, 5.41) is 13.3. The number of aromatic amines is 1. The molecular formula is C17H18F3N5O. The summed E-state index contributed by atoms with van der Waals surface area (Å²) in [5.74, 6) is -0.845. The maximum Gasteiger partial charge on any atom is 0.408 e. The Bertz CT molecular complexity index is 957. The first kappa shape index (κ1) is 18.0. The minimum atomic E-state index is -4.51. The molecule has 0 radical (unpaired) electrons. The minimum Gasteiger partial charge on any atom is -0.339 e. The summed E-state index contributed by atoms with van der Waals surface area (Å²) in [7, 11) is 1.79. The topological polar surface area (TPSA) is 75.6 Å². The van der Waals surface area contributed by atoms with Gasteiger partial charge in [0.25, 0.3) is 5.91 Å². The summed E-state index contributed by atoms with van der Waals surface area (Å²) >= 11 is 0. The van der Waals surface area contributed by atoms with Crippen LogP contribution in [0.15, 0.2) is 24.5 Å². The molecule has 3 aromatic rings. The van der Waals surface area contributed by atoms with Gasteiger partial charge >= 0.3 is 6.18 Å². The van der Waals surface area contributed by atoms with Gasteiger partial charge in [0.2, 0.25) is 0 Å². The van der Waals surface area contributed by atoms with Crippen LogP contribution in [0.25, 0.3) is 22.0 Å². The second-order valence-corrected chi connectivity index (χ2v) is 6.12. The van der Waals surface area contributed by atoms with E-state index in [1.165, 1.54) is 0 Å². The zero-order chi connectivity index (χ0) is 19.1. The molecule has 26 heavy (non-hydrogen) atoms. The van der Waals surface area contributed by atoms with Crippen molar-refractivity contribution in [1.82, 2.24) is 25.3 Å². The molecule has 0 bridgehead atoms. The fourth-order valence-corrected chi connectivity index (χ4v) is 2.72. The quantitative estimate of drug-likeness (QED) is 0.745. The van der Waals surface area contributed by atoms with E-state index >= 15 is 0 Å². The zero-order valence-electron chi connectivity index (χ0n) is 14.5. The van der Waals surface area contributed by atoms with Crippen molar-refractivity contribution in [2.24, 2.45) is 7.05 Å². The number of amides is 1. The first-order valence-corrected chi connectivity index (χ1v) is 8.08. The summed E-state index contributed by atoms with van der Waals surface area (Å²) in [6, 6.07) is 1.73. The lowest BCUT2D eigenvalue weighted by atomic mass is 10.00. The molecule has 0 fully saturated rings. The smallest absolute Gasteiger partial charge is 0.339 e. The van der Waals surface area contributed by atoms with Crippen molar-refractivity contribution >= 4 is 16.8 Å². The number of carbonyl (C=O) groups excluding carboxylic acids is 1. The van der Waals surface area contributed by atoms with E-state index in [4.69, 9.17) is 0 Å². The number of fused-ring (bicyclic) bond motifs is 1. The SMILES string of the molecule is CCc1cc(-c2cnn(C)c2)cc2c(C(=O)N[C@@H](C)C(F)(F)F)[nH]nc12. The van der Waals surface area contributed by atoms with Crippen LogP contribution in [0.3, 0.4) is 0 Å². The first-order valence-electron chi connectivity index (χ1n) is 8.08. The van der Waals surface area contributed by atoms with Crippen LogP contribution in [0, 0.1) is 0 Å². The number of alkyl halides is 3. The van der Waals surface area contributed by atoms with Gasteiger partial charge < -0.3 is 5.32 Å². The molecule has 0 aliphatic heterocycles. The van der Waals surface area contributed by atoms with E-state index in [1.807, 2.05) is 24.5 Å². The Balaban J connectivity index is 2.06. The van der Waals surface area contributed by atoms with Gasteiger partial charge in [-0.1, -0.05) is 6.92 Å². The largest absolute Gasteiger partial charge is 0.408 e. The van der Waals surface area contributed by atoms with Gasteiger partial charge in [0.05, 0.1) is 11.7 Å². The lowest BCUT2D eigenvalue weighted by Gasteiger charge is -2.16. The van der Waals surface area contributed by atoms with Gasteiger partial charge in [0.1, 0.15) is 11.7 Å². The average molecular weight is 365 g/mol. The van der Waals surface area contributed by atoms with Crippen LogP contribution in [-0.2, 0) is 13.5 Å². The van der Waals surface area contributed by atoms with Crippen LogP contribution in [0.4, 0.5) is 13.2 Å². The van der Waals surface area contributed by atoms with Gasteiger partial charge in [-0.2, -0.15) is 23.4 Å². The third-order valence-electron chi connectivity index (χ3n) is 4.22. The van der Waals surface area contributed by atoms with Crippen LogP contribution in [0.5, 0.6) is 0 Å². The Morgan fingerprint density at radius 3 is 2.65 bits per heavy atom. The van der Waals surface area contributed by atoms with Gasteiger partial charge in [0, 0.05) is 24.2 Å². The van der Waals surface area contributed by atoms with E-state index in [1.54, 1.807) is 24.0 Å². The molecule has 1 amide bonds. The Labute approximate surface area is 147 Å². The van der Waals surface area contributed by atoms with Gasteiger partial charge in [-0.3, -0.25) is 14.6 Å². The Morgan fingerprint density at radius 2 is 2.08 bits per heavy atom. The van der Waals surface area contributed by atoms with E-state index in [9.17, 15) is 18.0 Å². The van der Waals surface area contributed by atoms with Crippen LogP contribution in [0.1, 0.15) is 29.9 Å². The predicted molar refractivity (Wildman–Crippen MR) is 90.7 cm³/mol. The Kier molecular flexibility index (Phi) is 4.47. The molecule has 0 unspecified atom stereocenters. The molecule has 6 nitrogen and oxygen atoms in total. The molecule has 1 aromatic carbocycles. The van der Waals surface area contributed by atoms with Crippen molar-refractivity contribution in [3.63, 3.8) is 0 Å². The molecule has 138 valence electrons. The van der Waals surface area contributed by atoms with Crippen molar-refractivity contribution in [1.29, 1.82) is 0 Å². The highest BCUT2D eigenvalue weighted by Gasteiger charge is 2.37. The summed E-state index contributed by atoms with van der Waals surface area (Å²) in [5.41, 5.74) is 3.14. The maximum atomic E-state index is 12.7. The van der Waals surface area contributed by atoms with Crippen molar-refractivity contribution < 1.29 is 18.0 Å². The highest BCUT2D eigenvalue weighted by Crippen LogP contribution is 2.29. The van der Waals surface area contributed by atoms with Crippen LogP contribution in [0.2, 0.25) is 0 Å². The number of rotatable bonds is 4. The number of aryl methyl sites for hydroxylation is 2. The molecule has 0 saturated heterocycles. The molecule has 9 heteroatoms. The number of benzene rings is 1. The predicted octanol–water partition coefficient (Wildman–Crippen LogP) is 3.21. The zero-order valence-corrected chi connectivity index (χ0v) is 14.5. The number of hydrogen-bond donors (Lipinski definition) is 2. The Morgan fingerprint density at radius 1 is 1.35 bits per heavy atom. The van der Waals surface area contributed by atoms with Gasteiger partial charge in [-0.15, -0.1) is 0 Å². The van der Waals surface area contributed by atoms with Gasteiger partial charge in [-0.05, 0) is 36.6 Å². The van der Waals surface area contributed by atoms with Crippen molar-refractivity contribution in [3.05, 3.63) is 35.8 Å². The molecule has 2 N–H and O–H groups in total. The molecule has 0 spiro atoms. The number of nitrogens with zero attached hydrogens (tertiary/aromatic N) is 3. The molecule has 3 rings (SSSR count). The van der Waals surface area contributed by atoms with Crippen molar-refractivity contribution in [3.8, 4) is 11.1 Å². The summed E-state index contributed by atoms with van der Waals surface area (Å²) < 4.78 is 39.8. The average Bonchev–Trinajstić information content (AvgIpc) is 3.19. The fourth-order valence-electron chi connectivity index (χ4n) is 2.72. The number of nitrogens with one attached hydrogen (secondary N) is 2. The van der Waals surface area contributed by atoms with Crippen LogP contribution >= 0.6 is 0 Å². The van der Waals surface area contributed by atoms with Crippen molar-refractivity contribution in [2.45, 2.75) is 32.5 Å². The first-order chi connectivity index (χ1) is 12.2. The number of aromatic nitrogens is 4. The molecule has 1 atom stereocenters. The summed E-state index contributed by atoms with van der Waals surface area (Å²) in [6.07, 6.45) is -0.339. The molecule has 0 saturated carbocycles. The summed E-state index contributed by atoms with van der Waals surface area (Å²) in [6.45, 7) is 2.84. The minimum absolute atomic E-state index is 0.0107. The second-order valence-electron chi connectivity index (χ2n) is 6.12. The second kappa shape index (κ2) is 6.47. The van der Waals surface area contributed by atoms with E-state index in [0.29, 0.717) is 17.3 Å². The monoisotopic (exact) mass is 365 g/mol. The molecular weight excluding hydrogens is 347 g/mol. The molecule has 0 aliphatic rings. The van der Waals surface area contributed by atoms with Crippen LogP contribution in [-0.4, -0.2) is 38.1 Å².